The van der Waals surface area contributed by atoms with Gasteiger partial charge in [-0.3, -0.25) is 9.59 Å². The van der Waals surface area contributed by atoms with Crippen LogP contribution < -0.4 is 5.73 Å². The van der Waals surface area contributed by atoms with Gasteiger partial charge < -0.3 is 15.2 Å². The van der Waals surface area contributed by atoms with Gasteiger partial charge in [-0.05, 0) is 57.8 Å². The fourth-order valence-electron chi connectivity index (χ4n) is 6.33. The van der Waals surface area contributed by atoms with Crippen molar-refractivity contribution in [2.24, 2.45) is 5.73 Å². The van der Waals surface area contributed by atoms with Crippen LogP contribution in [0.15, 0.2) is 0 Å². The van der Waals surface area contributed by atoms with E-state index in [9.17, 15) is 9.59 Å². The Labute approximate surface area is 287 Å². The minimum Gasteiger partial charge on any atom is -0.466 e. The van der Waals surface area contributed by atoms with Crippen LogP contribution in [0, 0.1) is 0 Å². The molecule has 2 N–H and O–H groups in total. The molecule has 46 heavy (non-hydrogen) atoms. The number of nitrogens with two attached hydrogens (primary N) is 1. The number of esters is 2. The number of hydrogen-bond acceptors (Lipinski definition) is 5. The first-order valence-corrected chi connectivity index (χ1v) is 20.6. The lowest BCUT2D eigenvalue weighted by molar-refractivity contribution is -0.150. The first kappa shape index (κ1) is 44.9. The molecular weight excluding hydrogens is 570 g/mol. The Balaban J connectivity index is 3.56. The summed E-state index contributed by atoms with van der Waals surface area (Å²) in [6.45, 7) is 7.30. The molecule has 0 bridgehead atoms. The van der Waals surface area contributed by atoms with Crippen LogP contribution in [-0.2, 0) is 19.1 Å². The molecule has 1 atom stereocenters. The minimum atomic E-state index is -0.0108. The molecule has 0 rings (SSSR count). The monoisotopic (exact) mass is 652 g/mol. The Bertz CT molecular complexity index is 628. The lowest BCUT2D eigenvalue weighted by Crippen LogP contribution is -2.19. The van der Waals surface area contributed by atoms with E-state index in [-0.39, 0.29) is 18.0 Å². The number of carbonyl (C=O) groups is 2. The highest BCUT2D eigenvalue weighted by molar-refractivity contribution is 5.69. The molecule has 0 saturated heterocycles. The third-order valence-corrected chi connectivity index (χ3v) is 9.48. The Morgan fingerprint density at radius 3 is 1.26 bits per heavy atom. The molecule has 0 aliphatic heterocycles. The largest absolute Gasteiger partial charge is 0.466 e. The van der Waals surface area contributed by atoms with E-state index in [1.165, 1.54) is 141 Å². The van der Waals surface area contributed by atoms with Gasteiger partial charge in [0.1, 0.15) is 6.10 Å². The third kappa shape index (κ3) is 34.2. The maximum absolute atomic E-state index is 12.5. The molecule has 0 radical (unpaired) electrons. The number of ether oxygens (including phenoxy) is 2. The van der Waals surface area contributed by atoms with E-state index in [0.29, 0.717) is 25.5 Å². The zero-order valence-corrected chi connectivity index (χ0v) is 31.4. The standard InChI is InChI=1S/C41H81NO4/c1-4-7-10-23-30-37-45-40(43)35-28-21-17-13-15-19-24-31-38(42)32-25-20-16-14-18-22-29-36-41(44)46-39(33-26-11-8-5-2)34-27-12-9-6-3/h38-39H,4-37,42H2,1-3H3. The van der Waals surface area contributed by atoms with Crippen molar-refractivity contribution in [3.05, 3.63) is 0 Å². The Kier molecular flexibility index (Phi) is 35.9. The lowest BCUT2D eigenvalue weighted by atomic mass is 10.0. The van der Waals surface area contributed by atoms with Crippen LogP contribution in [0.4, 0.5) is 0 Å². The average molecular weight is 652 g/mol. The zero-order valence-electron chi connectivity index (χ0n) is 31.4. The summed E-state index contributed by atoms with van der Waals surface area (Å²) in [6, 6.07) is 0.353. The quantitative estimate of drug-likeness (QED) is 0.0534. The van der Waals surface area contributed by atoms with E-state index in [0.717, 1.165) is 57.8 Å². The molecular formula is C41H81NO4. The molecule has 0 fully saturated rings. The second-order valence-corrected chi connectivity index (χ2v) is 14.2. The van der Waals surface area contributed by atoms with Gasteiger partial charge in [-0.25, -0.2) is 0 Å². The normalized spacial score (nSPS) is 12.1. The van der Waals surface area contributed by atoms with Gasteiger partial charge in [0.15, 0.2) is 0 Å². The highest BCUT2D eigenvalue weighted by Crippen LogP contribution is 2.18. The summed E-state index contributed by atoms with van der Waals surface area (Å²) in [5.41, 5.74) is 6.38. The maximum Gasteiger partial charge on any atom is 0.306 e. The van der Waals surface area contributed by atoms with Crippen molar-refractivity contribution in [2.45, 2.75) is 245 Å². The number of hydrogen-bond donors (Lipinski definition) is 1. The lowest BCUT2D eigenvalue weighted by Gasteiger charge is -2.18. The SMILES string of the molecule is CCCCCCCOC(=O)CCCCCCCCCC(N)CCCCCCCCCC(=O)OC(CCCCCC)CCCCCC. The fraction of sp³-hybridized carbons (Fsp3) is 0.951. The Hall–Kier alpha value is -1.10. The van der Waals surface area contributed by atoms with Gasteiger partial charge in [-0.15, -0.1) is 0 Å². The van der Waals surface area contributed by atoms with Crippen molar-refractivity contribution in [2.75, 3.05) is 6.61 Å². The van der Waals surface area contributed by atoms with Crippen LogP contribution in [-0.4, -0.2) is 30.7 Å². The highest BCUT2D eigenvalue weighted by atomic mass is 16.5. The van der Waals surface area contributed by atoms with Crippen molar-refractivity contribution in [1.82, 2.24) is 0 Å². The smallest absolute Gasteiger partial charge is 0.306 e. The van der Waals surface area contributed by atoms with Crippen LogP contribution >= 0.6 is 0 Å². The molecule has 0 aliphatic carbocycles. The summed E-state index contributed by atoms with van der Waals surface area (Å²) in [4.78, 5) is 24.3. The molecule has 274 valence electrons. The minimum absolute atomic E-state index is 0.0108. The summed E-state index contributed by atoms with van der Waals surface area (Å²) >= 11 is 0. The van der Waals surface area contributed by atoms with E-state index in [2.05, 4.69) is 20.8 Å². The van der Waals surface area contributed by atoms with E-state index >= 15 is 0 Å². The van der Waals surface area contributed by atoms with Crippen molar-refractivity contribution < 1.29 is 19.1 Å². The molecule has 0 aromatic carbocycles. The van der Waals surface area contributed by atoms with Crippen molar-refractivity contribution in [3.8, 4) is 0 Å². The molecule has 5 nitrogen and oxygen atoms in total. The van der Waals surface area contributed by atoms with E-state index in [1.54, 1.807) is 0 Å². The van der Waals surface area contributed by atoms with Gasteiger partial charge in [0.05, 0.1) is 6.61 Å². The number of carbonyl (C=O) groups excluding carboxylic acids is 2. The van der Waals surface area contributed by atoms with Crippen molar-refractivity contribution in [1.29, 1.82) is 0 Å². The molecule has 0 aromatic heterocycles. The highest BCUT2D eigenvalue weighted by Gasteiger charge is 2.14. The maximum atomic E-state index is 12.5. The van der Waals surface area contributed by atoms with E-state index in [4.69, 9.17) is 15.2 Å². The van der Waals surface area contributed by atoms with Gasteiger partial charge in [0.2, 0.25) is 0 Å². The van der Waals surface area contributed by atoms with Gasteiger partial charge in [-0.1, -0.05) is 162 Å². The summed E-state index contributed by atoms with van der Waals surface area (Å²) in [5.74, 6) is 0.0193. The van der Waals surface area contributed by atoms with Gasteiger partial charge in [-0.2, -0.15) is 0 Å². The zero-order chi connectivity index (χ0) is 33.8. The fourth-order valence-corrected chi connectivity index (χ4v) is 6.33. The molecule has 0 aromatic rings. The molecule has 5 heteroatoms. The molecule has 0 amide bonds. The van der Waals surface area contributed by atoms with Gasteiger partial charge in [0.25, 0.3) is 0 Å². The summed E-state index contributed by atoms with van der Waals surface area (Å²) in [6.07, 6.45) is 38.4. The number of unbranched alkanes of at least 4 members (excludes halogenated alkanes) is 22. The van der Waals surface area contributed by atoms with Crippen molar-refractivity contribution in [3.63, 3.8) is 0 Å². The second kappa shape index (κ2) is 36.7. The molecule has 0 spiro atoms. The van der Waals surface area contributed by atoms with Crippen LogP contribution in [0.2, 0.25) is 0 Å². The topological polar surface area (TPSA) is 78.6 Å². The molecule has 1 unspecified atom stereocenters. The van der Waals surface area contributed by atoms with Crippen LogP contribution in [0.5, 0.6) is 0 Å². The third-order valence-electron chi connectivity index (χ3n) is 9.48. The average Bonchev–Trinajstić information content (AvgIpc) is 3.04. The Morgan fingerprint density at radius 2 is 0.783 bits per heavy atom. The summed E-state index contributed by atoms with van der Waals surface area (Å²) in [7, 11) is 0. The Morgan fingerprint density at radius 1 is 0.435 bits per heavy atom. The molecule has 0 aliphatic rings. The summed E-state index contributed by atoms with van der Waals surface area (Å²) < 4.78 is 11.3. The second-order valence-electron chi connectivity index (χ2n) is 14.2. The van der Waals surface area contributed by atoms with Gasteiger partial charge >= 0.3 is 11.9 Å². The van der Waals surface area contributed by atoms with Crippen LogP contribution in [0.1, 0.15) is 233 Å². The van der Waals surface area contributed by atoms with Crippen LogP contribution in [0.3, 0.4) is 0 Å². The van der Waals surface area contributed by atoms with Crippen molar-refractivity contribution >= 4 is 11.9 Å². The first-order valence-electron chi connectivity index (χ1n) is 20.6. The first-order chi connectivity index (χ1) is 22.5. The van der Waals surface area contributed by atoms with Crippen LogP contribution in [0.25, 0.3) is 0 Å². The predicted molar refractivity (Wildman–Crippen MR) is 198 cm³/mol. The molecule has 0 saturated carbocycles. The van der Waals surface area contributed by atoms with E-state index < -0.39 is 0 Å². The molecule has 0 heterocycles. The summed E-state index contributed by atoms with van der Waals surface area (Å²) in [5, 5.41) is 0. The van der Waals surface area contributed by atoms with Gasteiger partial charge in [0, 0.05) is 18.9 Å². The van der Waals surface area contributed by atoms with E-state index in [1.807, 2.05) is 0 Å². The number of rotatable bonds is 37. The predicted octanol–water partition coefficient (Wildman–Crippen LogP) is 12.7.